The van der Waals surface area contributed by atoms with Gasteiger partial charge in [-0.3, -0.25) is 34.6 Å². The van der Waals surface area contributed by atoms with E-state index < -0.39 is 51.2 Å². The number of nitro groups is 2. The number of amides is 3. The average Bonchev–Trinajstić information content (AvgIpc) is 3.08. The van der Waals surface area contributed by atoms with Gasteiger partial charge in [-0.25, -0.2) is 9.40 Å². The third-order valence-corrected chi connectivity index (χ3v) is 5.15. The van der Waals surface area contributed by atoms with E-state index in [0.717, 1.165) is 36.4 Å². The number of nitro benzene ring substituents is 2. The van der Waals surface area contributed by atoms with Crippen LogP contribution in [0.3, 0.4) is 0 Å². The topological polar surface area (TPSA) is 144 Å². The summed E-state index contributed by atoms with van der Waals surface area (Å²) in [4.78, 5) is 60.4. The van der Waals surface area contributed by atoms with Gasteiger partial charge in [0, 0.05) is 29.3 Å². The van der Waals surface area contributed by atoms with E-state index in [0.29, 0.717) is 10.0 Å². The summed E-state index contributed by atoms with van der Waals surface area (Å²) in [6, 6.07) is 13.2. The fraction of sp³-hybridized carbons (Fsp3) is 0.0455. The van der Waals surface area contributed by atoms with Gasteiger partial charge < -0.3 is 0 Å². The Bertz CT molecular complexity index is 1370. The largest absolute Gasteiger partial charge is 0.287 e. The minimum atomic E-state index is -1.13. The van der Waals surface area contributed by atoms with E-state index in [2.05, 4.69) is 0 Å². The molecule has 1 aliphatic rings. The van der Waals surface area contributed by atoms with Crippen LogP contribution in [0.25, 0.3) is 0 Å². The lowest BCUT2D eigenvalue weighted by Crippen LogP contribution is -2.49. The summed E-state index contributed by atoms with van der Waals surface area (Å²) in [6.45, 7) is -0.568. The first-order valence-corrected chi connectivity index (χ1v) is 9.66. The van der Waals surface area contributed by atoms with Crippen molar-refractivity contribution >= 4 is 29.1 Å². The van der Waals surface area contributed by atoms with Crippen molar-refractivity contribution in [2.24, 2.45) is 0 Å². The predicted molar refractivity (Wildman–Crippen MR) is 113 cm³/mol. The SMILES string of the molecule is O=C(c1ccc([N+](=O)[O-])cc1)N(Cc1ccccc1F)N1C(=O)c2cccc([N+](=O)[O-])c2C1=O. The van der Waals surface area contributed by atoms with Crippen LogP contribution in [-0.4, -0.2) is 37.6 Å². The fourth-order valence-electron chi connectivity index (χ4n) is 3.52. The summed E-state index contributed by atoms with van der Waals surface area (Å²) in [5.74, 6) is -3.80. The Hall–Kier alpha value is -5.00. The number of hydrazine groups is 1. The molecule has 0 spiro atoms. The normalized spacial score (nSPS) is 12.4. The van der Waals surface area contributed by atoms with Crippen LogP contribution in [0.15, 0.2) is 66.7 Å². The van der Waals surface area contributed by atoms with Crippen LogP contribution in [0.2, 0.25) is 0 Å². The highest BCUT2D eigenvalue weighted by Gasteiger charge is 2.45. The fourth-order valence-corrected chi connectivity index (χ4v) is 3.52. The van der Waals surface area contributed by atoms with Gasteiger partial charge in [-0.1, -0.05) is 24.3 Å². The molecule has 12 heteroatoms. The van der Waals surface area contributed by atoms with Crippen molar-refractivity contribution in [1.29, 1.82) is 0 Å². The van der Waals surface area contributed by atoms with Gasteiger partial charge >= 0.3 is 0 Å². The Balaban J connectivity index is 1.80. The zero-order chi connectivity index (χ0) is 24.6. The van der Waals surface area contributed by atoms with Gasteiger partial charge in [-0.15, -0.1) is 0 Å². The monoisotopic (exact) mass is 464 g/mol. The summed E-state index contributed by atoms with van der Waals surface area (Å²) < 4.78 is 14.4. The van der Waals surface area contributed by atoms with Gasteiger partial charge in [0.2, 0.25) is 0 Å². The van der Waals surface area contributed by atoms with Gasteiger partial charge in [0.05, 0.1) is 22.0 Å². The molecule has 11 nitrogen and oxygen atoms in total. The molecule has 3 aromatic carbocycles. The Labute approximate surface area is 189 Å². The first-order chi connectivity index (χ1) is 16.2. The first-order valence-electron chi connectivity index (χ1n) is 9.66. The van der Waals surface area contributed by atoms with Crippen LogP contribution in [0.4, 0.5) is 15.8 Å². The average molecular weight is 464 g/mol. The predicted octanol–water partition coefficient (Wildman–Crippen LogP) is 3.50. The second-order valence-corrected chi connectivity index (χ2v) is 7.14. The van der Waals surface area contributed by atoms with E-state index in [1.165, 1.54) is 30.3 Å². The highest BCUT2D eigenvalue weighted by molar-refractivity contribution is 6.23. The third-order valence-electron chi connectivity index (χ3n) is 5.15. The van der Waals surface area contributed by atoms with Crippen LogP contribution in [0.5, 0.6) is 0 Å². The van der Waals surface area contributed by atoms with Crippen LogP contribution in [0.1, 0.15) is 36.6 Å². The molecule has 3 amide bonds. The van der Waals surface area contributed by atoms with Gasteiger partial charge in [0.1, 0.15) is 11.4 Å². The molecule has 34 heavy (non-hydrogen) atoms. The minimum Gasteiger partial charge on any atom is -0.267 e. The highest BCUT2D eigenvalue weighted by Crippen LogP contribution is 2.33. The Morgan fingerprint density at radius 2 is 1.56 bits per heavy atom. The number of rotatable bonds is 6. The van der Waals surface area contributed by atoms with Crippen LogP contribution < -0.4 is 0 Å². The van der Waals surface area contributed by atoms with E-state index in [4.69, 9.17) is 0 Å². The number of carbonyl (C=O) groups excluding carboxylic acids is 3. The van der Waals surface area contributed by atoms with Gasteiger partial charge in [-0.2, -0.15) is 5.01 Å². The van der Waals surface area contributed by atoms with Gasteiger partial charge in [0.15, 0.2) is 0 Å². The molecular formula is C22H13FN4O7. The summed E-state index contributed by atoms with van der Waals surface area (Å²) >= 11 is 0. The molecule has 0 saturated heterocycles. The lowest BCUT2D eigenvalue weighted by molar-refractivity contribution is -0.385. The maximum atomic E-state index is 14.4. The molecule has 170 valence electrons. The van der Waals surface area contributed by atoms with E-state index >= 15 is 0 Å². The Morgan fingerprint density at radius 3 is 2.18 bits per heavy atom. The number of non-ortho nitro benzene ring substituents is 1. The number of fused-ring (bicyclic) bond motifs is 1. The number of nitrogens with zero attached hydrogens (tertiary/aromatic N) is 4. The quantitative estimate of drug-likeness (QED) is 0.308. The van der Waals surface area contributed by atoms with Gasteiger partial charge in [-0.05, 0) is 24.3 Å². The molecule has 1 aliphatic heterocycles. The maximum absolute atomic E-state index is 14.4. The standard InChI is InChI=1S/C22H13FN4O7/c23-17-6-2-1-4-14(17)12-24(20(28)13-8-10-15(11-9-13)26(31)32)25-21(29)16-5-3-7-18(27(33)34)19(16)22(25)30/h1-11H,12H2. The molecule has 0 radical (unpaired) electrons. The molecular weight excluding hydrogens is 451 g/mol. The van der Waals surface area contributed by atoms with Gasteiger partial charge in [0.25, 0.3) is 29.1 Å². The number of hydrogen-bond acceptors (Lipinski definition) is 7. The zero-order valence-electron chi connectivity index (χ0n) is 17.1. The lowest BCUT2D eigenvalue weighted by Gasteiger charge is -2.30. The van der Waals surface area contributed by atoms with E-state index in [9.17, 15) is 39.0 Å². The van der Waals surface area contributed by atoms with E-state index in [-0.39, 0.29) is 22.4 Å². The highest BCUT2D eigenvalue weighted by atomic mass is 19.1. The van der Waals surface area contributed by atoms with Crippen molar-refractivity contribution in [3.63, 3.8) is 0 Å². The number of imide groups is 1. The lowest BCUT2D eigenvalue weighted by atomic mass is 10.1. The zero-order valence-corrected chi connectivity index (χ0v) is 17.1. The summed E-state index contributed by atoms with van der Waals surface area (Å²) in [5.41, 5.74) is -1.86. The van der Waals surface area contributed by atoms with Crippen molar-refractivity contribution in [3.8, 4) is 0 Å². The second-order valence-electron chi connectivity index (χ2n) is 7.14. The molecule has 3 aromatic rings. The van der Waals surface area contributed by atoms with Crippen molar-refractivity contribution in [1.82, 2.24) is 10.0 Å². The van der Waals surface area contributed by atoms with Crippen molar-refractivity contribution in [2.45, 2.75) is 6.54 Å². The molecule has 0 bridgehead atoms. The molecule has 0 aromatic heterocycles. The van der Waals surface area contributed by atoms with Crippen LogP contribution in [-0.2, 0) is 6.54 Å². The third kappa shape index (κ3) is 3.72. The molecule has 0 N–H and O–H groups in total. The molecule has 0 atom stereocenters. The molecule has 0 fully saturated rings. The summed E-state index contributed by atoms with van der Waals surface area (Å²) in [6.07, 6.45) is 0. The van der Waals surface area contributed by atoms with Crippen LogP contribution >= 0.6 is 0 Å². The summed E-state index contributed by atoms with van der Waals surface area (Å²) in [5, 5.41) is 23.4. The van der Waals surface area contributed by atoms with Crippen molar-refractivity contribution in [3.05, 3.63) is 115 Å². The van der Waals surface area contributed by atoms with Crippen LogP contribution in [0, 0.1) is 26.0 Å². The van der Waals surface area contributed by atoms with Crippen molar-refractivity contribution < 1.29 is 28.6 Å². The summed E-state index contributed by atoms with van der Waals surface area (Å²) in [7, 11) is 0. The first kappa shape index (κ1) is 22.2. The maximum Gasteiger partial charge on any atom is 0.287 e. The Morgan fingerprint density at radius 1 is 0.882 bits per heavy atom. The minimum absolute atomic E-state index is 0.0381. The molecule has 1 heterocycles. The number of carbonyl (C=O) groups is 3. The number of hydrogen-bond donors (Lipinski definition) is 0. The smallest absolute Gasteiger partial charge is 0.267 e. The molecule has 0 unspecified atom stereocenters. The van der Waals surface area contributed by atoms with E-state index in [1.807, 2.05) is 0 Å². The number of benzene rings is 3. The molecule has 4 rings (SSSR count). The van der Waals surface area contributed by atoms with E-state index in [1.54, 1.807) is 0 Å². The molecule has 0 aliphatic carbocycles. The van der Waals surface area contributed by atoms with Crippen molar-refractivity contribution in [2.75, 3.05) is 0 Å². The second kappa shape index (κ2) is 8.50. The Kier molecular flexibility index (Phi) is 5.55. The molecule has 0 saturated carbocycles. The number of halogens is 1.